The molecular formula is C64H125NO5. The monoisotopic (exact) mass is 988 g/mol. The SMILES string of the molecule is CCCCCC/C=C\CCCCCCCC(=O)OCCCCCCCCCCCCCCCCCCCC(=O)NC(CO)C(O)CCCCCCCCCCCCCCCCCCCCCCCCC. The van der Waals surface area contributed by atoms with Crippen molar-refractivity contribution in [1.82, 2.24) is 5.32 Å². The van der Waals surface area contributed by atoms with Gasteiger partial charge in [0.25, 0.3) is 0 Å². The van der Waals surface area contributed by atoms with Gasteiger partial charge >= 0.3 is 5.97 Å². The number of carbonyl (C=O) groups is 2. The Balaban J connectivity index is 3.41. The van der Waals surface area contributed by atoms with Crippen LogP contribution < -0.4 is 5.32 Å². The average molecular weight is 989 g/mol. The van der Waals surface area contributed by atoms with Gasteiger partial charge in [0, 0.05) is 12.8 Å². The van der Waals surface area contributed by atoms with Crippen molar-refractivity contribution in [3.63, 3.8) is 0 Å². The molecule has 0 aromatic carbocycles. The molecule has 0 heterocycles. The van der Waals surface area contributed by atoms with Crippen molar-refractivity contribution < 1.29 is 24.5 Å². The Morgan fingerprint density at radius 1 is 0.386 bits per heavy atom. The number of hydrogen-bond donors (Lipinski definition) is 3. The highest BCUT2D eigenvalue weighted by atomic mass is 16.5. The molecule has 416 valence electrons. The van der Waals surface area contributed by atoms with Gasteiger partial charge < -0.3 is 20.3 Å². The van der Waals surface area contributed by atoms with Gasteiger partial charge in [-0.15, -0.1) is 0 Å². The summed E-state index contributed by atoms with van der Waals surface area (Å²) in [6.07, 6.45) is 72.2. The lowest BCUT2D eigenvalue weighted by Crippen LogP contribution is -2.45. The Morgan fingerprint density at radius 2 is 0.671 bits per heavy atom. The molecule has 2 atom stereocenters. The highest BCUT2D eigenvalue weighted by molar-refractivity contribution is 5.76. The number of allylic oxidation sites excluding steroid dienone is 2. The summed E-state index contributed by atoms with van der Waals surface area (Å²) in [6, 6.07) is -0.546. The molecule has 0 fully saturated rings. The molecule has 0 rings (SSSR count). The Labute approximate surface area is 438 Å². The first-order chi connectivity index (χ1) is 34.5. The summed E-state index contributed by atoms with van der Waals surface area (Å²) >= 11 is 0. The quantitative estimate of drug-likeness (QED) is 0.0321. The number of hydrogen-bond acceptors (Lipinski definition) is 5. The number of aliphatic hydroxyl groups is 2. The standard InChI is InChI=1S/C64H125NO5/c1-3-5-7-9-11-13-15-17-18-19-20-21-22-23-24-26-29-33-36-40-44-48-52-56-62(67)61(60-66)65-63(68)57-53-49-45-41-37-34-30-27-25-28-31-35-39-43-47-51-55-59-70-64(69)58-54-50-46-42-38-32-16-14-12-10-8-6-4-2/h14,16,61-62,66-67H,3-13,15,17-60H2,1-2H3,(H,65,68)/b16-14-. The third-order valence-electron chi connectivity index (χ3n) is 15.1. The lowest BCUT2D eigenvalue weighted by atomic mass is 10.0. The first kappa shape index (κ1) is 68.6. The summed E-state index contributed by atoms with van der Waals surface area (Å²) in [5.41, 5.74) is 0. The van der Waals surface area contributed by atoms with Crippen LogP contribution in [0, 0.1) is 0 Å². The van der Waals surface area contributed by atoms with Crippen LogP contribution in [0.1, 0.15) is 361 Å². The van der Waals surface area contributed by atoms with Crippen molar-refractivity contribution in [3.05, 3.63) is 12.2 Å². The summed E-state index contributed by atoms with van der Waals surface area (Å²) in [5.74, 6) is -0.0388. The molecule has 0 aliphatic rings. The number of rotatable bonds is 60. The molecule has 0 saturated carbocycles. The van der Waals surface area contributed by atoms with Gasteiger partial charge in [0.1, 0.15) is 0 Å². The maximum Gasteiger partial charge on any atom is 0.305 e. The number of ether oxygens (including phenoxy) is 1. The van der Waals surface area contributed by atoms with Gasteiger partial charge in [0.05, 0.1) is 25.4 Å². The van der Waals surface area contributed by atoms with Crippen LogP contribution in [0.4, 0.5) is 0 Å². The Morgan fingerprint density at radius 3 is 1.03 bits per heavy atom. The zero-order valence-electron chi connectivity index (χ0n) is 47.5. The second kappa shape index (κ2) is 60.2. The Hall–Kier alpha value is -1.40. The van der Waals surface area contributed by atoms with E-state index in [1.54, 1.807) is 0 Å². The molecule has 6 nitrogen and oxygen atoms in total. The summed E-state index contributed by atoms with van der Waals surface area (Å²) in [4.78, 5) is 24.6. The van der Waals surface area contributed by atoms with Crippen molar-refractivity contribution in [1.29, 1.82) is 0 Å². The van der Waals surface area contributed by atoms with Gasteiger partial charge in [-0.25, -0.2) is 0 Å². The van der Waals surface area contributed by atoms with E-state index in [-0.39, 0.29) is 18.5 Å². The van der Waals surface area contributed by atoms with E-state index in [0.717, 1.165) is 44.9 Å². The van der Waals surface area contributed by atoms with E-state index in [1.165, 1.54) is 283 Å². The summed E-state index contributed by atoms with van der Waals surface area (Å²) in [7, 11) is 0. The zero-order chi connectivity index (χ0) is 50.7. The second-order valence-electron chi connectivity index (χ2n) is 22.1. The van der Waals surface area contributed by atoms with Crippen LogP contribution in [0.15, 0.2) is 12.2 Å². The lowest BCUT2D eigenvalue weighted by Gasteiger charge is -2.22. The van der Waals surface area contributed by atoms with Gasteiger partial charge in [-0.1, -0.05) is 309 Å². The van der Waals surface area contributed by atoms with Crippen LogP contribution >= 0.6 is 0 Å². The summed E-state index contributed by atoms with van der Waals surface area (Å²) in [5, 5.41) is 23.4. The van der Waals surface area contributed by atoms with Crippen molar-refractivity contribution in [2.24, 2.45) is 0 Å². The third-order valence-corrected chi connectivity index (χ3v) is 15.1. The van der Waals surface area contributed by atoms with Gasteiger partial charge in [0.2, 0.25) is 5.91 Å². The molecule has 6 heteroatoms. The van der Waals surface area contributed by atoms with E-state index in [1.807, 2.05) is 0 Å². The number of carbonyl (C=O) groups excluding carboxylic acids is 2. The fourth-order valence-electron chi connectivity index (χ4n) is 10.2. The first-order valence-corrected chi connectivity index (χ1v) is 31.9. The van der Waals surface area contributed by atoms with Gasteiger partial charge in [-0.2, -0.15) is 0 Å². The minimum Gasteiger partial charge on any atom is -0.466 e. The maximum atomic E-state index is 12.5. The van der Waals surface area contributed by atoms with E-state index in [9.17, 15) is 19.8 Å². The van der Waals surface area contributed by atoms with E-state index in [2.05, 4.69) is 31.3 Å². The van der Waals surface area contributed by atoms with Crippen LogP contribution in [-0.2, 0) is 14.3 Å². The largest absolute Gasteiger partial charge is 0.466 e. The smallest absolute Gasteiger partial charge is 0.305 e. The summed E-state index contributed by atoms with van der Waals surface area (Å²) < 4.78 is 5.47. The zero-order valence-corrected chi connectivity index (χ0v) is 47.5. The minimum atomic E-state index is -0.669. The molecule has 0 saturated heterocycles. The highest BCUT2D eigenvalue weighted by Gasteiger charge is 2.20. The molecule has 0 aromatic heterocycles. The number of aliphatic hydroxyl groups excluding tert-OH is 2. The maximum absolute atomic E-state index is 12.5. The molecule has 2 unspecified atom stereocenters. The Bertz CT molecular complexity index is 1050. The third kappa shape index (κ3) is 55.9. The van der Waals surface area contributed by atoms with E-state index in [4.69, 9.17) is 4.74 Å². The number of nitrogens with one attached hydrogen (secondary N) is 1. The summed E-state index contributed by atoms with van der Waals surface area (Å²) in [6.45, 7) is 4.96. The van der Waals surface area contributed by atoms with Gasteiger partial charge in [-0.05, 0) is 51.4 Å². The highest BCUT2D eigenvalue weighted by Crippen LogP contribution is 2.18. The molecule has 0 spiro atoms. The molecule has 0 radical (unpaired) electrons. The van der Waals surface area contributed by atoms with E-state index >= 15 is 0 Å². The normalized spacial score (nSPS) is 12.6. The molecule has 0 aliphatic carbocycles. The number of esters is 1. The first-order valence-electron chi connectivity index (χ1n) is 31.9. The molecule has 0 bridgehead atoms. The molecule has 1 amide bonds. The number of unbranched alkanes of at least 4 members (excludes halogenated alkanes) is 47. The molecule has 3 N–H and O–H groups in total. The van der Waals surface area contributed by atoms with Gasteiger partial charge in [-0.3, -0.25) is 9.59 Å². The van der Waals surface area contributed by atoms with E-state index in [0.29, 0.717) is 25.9 Å². The van der Waals surface area contributed by atoms with Crippen molar-refractivity contribution >= 4 is 11.9 Å². The molecular weight excluding hydrogens is 863 g/mol. The minimum absolute atomic E-state index is 0.00273. The van der Waals surface area contributed by atoms with Crippen LogP contribution in [0.5, 0.6) is 0 Å². The van der Waals surface area contributed by atoms with Gasteiger partial charge in [0.15, 0.2) is 0 Å². The fraction of sp³-hybridized carbons (Fsp3) is 0.938. The van der Waals surface area contributed by atoms with Crippen molar-refractivity contribution in [3.8, 4) is 0 Å². The Kier molecular flexibility index (Phi) is 59.0. The van der Waals surface area contributed by atoms with Crippen LogP contribution in [0.2, 0.25) is 0 Å². The molecule has 0 aromatic rings. The topological polar surface area (TPSA) is 95.9 Å². The van der Waals surface area contributed by atoms with Crippen molar-refractivity contribution in [2.45, 2.75) is 373 Å². The molecule has 70 heavy (non-hydrogen) atoms. The van der Waals surface area contributed by atoms with Crippen LogP contribution in [-0.4, -0.2) is 47.4 Å². The number of amides is 1. The average Bonchev–Trinajstić information content (AvgIpc) is 3.36. The van der Waals surface area contributed by atoms with Crippen LogP contribution in [0.25, 0.3) is 0 Å². The molecule has 0 aliphatic heterocycles. The predicted octanol–water partition coefficient (Wildman–Crippen LogP) is 20.0. The fourth-order valence-corrected chi connectivity index (χ4v) is 10.2. The second-order valence-corrected chi connectivity index (χ2v) is 22.1. The lowest BCUT2D eigenvalue weighted by molar-refractivity contribution is -0.143. The van der Waals surface area contributed by atoms with E-state index < -0.39 is 12.1 Å². The predicted molar refractivity (Wildman–Crippen MR) is 306 cm³/mol. The van der Waals surface area contributed by atoms with Crippen LogP contribution in [0.3, 0.4) is 0 Å². The van der Waals surface area contributed by atoms with Crippen molar-refractivity contribution in [2.75, 3.05) is 13.2 Å².